The number of phenols is 1. The van der Waals surface area contributed by atoms with E-state index in [1.807, 2.05) is 0 Å². The maximum Gasteiger partial charge on any atom is 0.335 e. The van der Waals surface area contributed by atoms with Crippen LogP contribution in [0.4, 0.5) is 17.1 Å². The van der Waals surface area contributed by atoms with Gasteiger partial charge in [0.2, 0.25) is 5.89 Å². The van der Waals surface area contributed by atoms with Crippen LogP contribution in [-0.4, -0.2) is 21.2 Å². The first-order chi connectivity index (χ1) is 10.4. The molecule has 22 heavy (non-hydrogen) atoms. The van der Waals surface area contributed by atoms with Crippen molar-refractivity contribution in [2.75, 3.05) is 17.2 Å². The number of fused-ring (bicyclic) bond motifs is 1. The number of aromatic carboxylic acids is 1. The number of aromatic nitrogens is 1. The van der Waals surface area contributed by atoms with E-state index in [2.05, 4.69) is 4.98 Å². The molecule has 8 nitrogen and oxygen atoms in total. The Labute approximate surface area is 123 Å². The topological polar surface area (TPSA) is 162 Å². The Morgan fingerprint density at radius 1 is 1.05 bits per heavy atom. The molecule has 8 heteroatoms. The van der Waals surface area contributed by atoms with Gasteiger partial charge >= 0.3 is 5.97 Å². The van der Waals surface area contributed by atoms with Gasteiger partial charge in [-0.1, -0.05) is 0 Å². The van der Waals surface area contributed by atoms with Gasteiger partial charge in [-0.25, -0.2) is 9.78 Å². The van der Waals surface area contributed by atoms with Crippen LogP contribution in [0, 0.1) is 0 Å². The van der Waals surface area contributed by atoms with Gasteiger partial charge in [0.05, 0.1) is 16.8 Å². The van der Waals surface area contributed by atoms with Crippen molar-refractivity contribution in [1.82, 2.24) is 4.98 Å². The van der Waals surface area contributed by atoms with Gasteiger partial charge in [-0.2, -0.15) is 0 Å². The number of nitrogens with zero attached hydrogens (tertiary/aromatic N) is 1. The summed E-state index contributed by atoms with van der Waals surface area (Å²) in [6.45, 7) is 0. The molecular weight excluding hydrogens is 288 g/mol. The summed E-state index contributed by atoms with van der Waals surface area (Å²) < 4.78 is 5.52. The average Bonchev–Trinajstić information content (AvgIpc) is 2.80. The third-order valence-corrected chi connectivity index (χ3v) is 3.20. The Balaban J connectivity index is 2.21. The zero-order valence-electron chi connectivity index (χ0n) is 11.2. The number of nitrogens with two attached hydrogens (primary N) is 3. The minimum absolute atomic E-state index is 0.0308. The molecule has 0 spiro atoms. The van der Waals surface area contributed by atoms with Crippen molar-refractivity contribution < 1.29 is 19.4 Å². The first-order valence-electron chi connectivity index (χ1n) is 6.18. The predicted molar refractivity (Wildman–Crippen MR) is 81.3 cm³/mol. The van der Waals surface area contributed by atoms with Gasteiger partial charge in [0.15, 0.2) is 5.58 Å². The first kappa shape index (κ1) is 13.6. The number of rotatable bonds is 2. The average molecular weight is 300 g/mol. The standard InChI is InChI=1S/C14H12N4O4/c15-6-3-9-11(4-10(6)19)22-13(18-9)12-7(16)1-5(14(20)21)2-8(12)17/h1-4,19H,15-17H2,(H,20,21). The van der Waals surface area contributed by atoms with E-state index in [9.17, 15) is 9.90 Å². The van der Waals surface area contributed by atoms with Crippen molar-refractivity contribution in [3.63, 3.8) is 0 Å². The number of oxazole rings is 1. The summed E-state index contributed by atoms with van der Waals surface area (Å²) >= 11 is 0. The highest BCUT2D eigenvalue weighted by Gasteiger charge is 2.18. The molecular formula is C14H12N4O4. The summed E-state index contributed by atoms with van der Waals surface area (Å²) in [5.41, 5.74) is 18.7. The van der Waals surface area contributed by atoms with Crippen LogP contribution < -0.4 is 17.2 Å². The second-order valence-corrected chi connectivity index (χ2v) is 4.73. The van der Waals surface area contributed by atoms with Crippen molar-refractivity contribution in [3.8, 4) is 17.2 Å². The molecule has 2 aromatic carbocycles. The van der Waals surface area contributed by atoms with Crippen LogP contribution in [-0.2, 0) is 0 Å². The lowest BCUT2D eigenvalue weighted by Gasteiger charge is -2.07. The smallest absolute Gasteiger partial charge is 0.335 e. The molecule has 0 saturated heterocycles. The fourth-order valence-electron chi connectivity index (χ4n) is 2.14. The maximum absolute atomic E-state index is 11.0. The maximum atomic E-state index is 11.0. The quantitative estimate of drug-likeness (QED) is 0.352. The number of hydrogen-bond donors (Lipinski definition) is 5. The first-order valence-corrected chi connectivity index (χ1v) is 6.18. The van der Waals surface area contributed by atoms with E-state index in [-0.39, 0.29) is 34.3 Å². The molecule has 0 radical (unpaired) electrons. The van der Waals surface area contributed by atoms with Crippen molar-refractivity contribution in [3.05, 3.63) is 29.8 Å². The Hall–Kier alpha value is -3.42. The molecule has 1 aromatic heterocycles. The van der Waals surface area contributed by atoms with Crippen LogP contribution in [0.2, 0.25) is 0 Å². The van der Waals surface area contributed by atoms with Crippen LogP contribution >= 0.6 is 0 Å². The number of phenolic OH excluding ortho intramolecular Hbond substituents is 1. The lowest BCUT2D eigenvalue weighted by atomic mass is 10.1. The van der Waals surface area contributed by atoms with Crippen LogP contribution in [0.3, 0.4) is 0 Å². The Morgan fingerprint density at radius 2 is 1.68 bits per heavy atom. The van der Waals surface area contributed by atoms with Gasteiger partial charge < -0.3 is 31.8 Å². The van der Waals surface area contributed by atoms with E-state index in [0.29, 0.717) is 16.7 Å². The van der Waals surface area contributed by atoms with Crippen molar-refractivity contribution in [1.29, 1.82) is 0 Å². The van der Waals surface area contributed by atoms with E-state index in [0.717, 1.165) is 0 Å². The molecule has 0 bridgehead atoms. The molecule has 3 aromatic rings. The van der Waals surface area contributed by atoms with E-state index in [4.69, 9.17) is 26.7 Å². The van der Waals surface area contributed by atoms with E-state index in [1.165, 1.54) is 24.3 Å². The summed E-state index contributed by atoms with van der Waals surface area (Å²) in [5, 5.41) is 18.6. The summed E-state index contributed by atoms with van der Waals surface area (Å²) in [6.07, 6.45) is 0. The van der Waals surface area contributed by atoms with Crippen LogP contribution in [0.15, 0.2) is 28.7 Å². The zero-order chi connectivity index (χ0) is 16.0. The number of benzene rings is 2. The molecule has 1 heterocycles. The number of anilines is 3. The number of hydrogen-bond acceptors (Lipinski definition) is 7. The van der Waals surface area contributed by atoms with E-state index < -0.39 is 5.97 Å². The molecule has 0 atom stereocenters. The molecule has 0 aliphatic rings. The van der Waals surface area contributed by atoms with Gasteiger partial charge in [-0.15, -0.1) is 0 Å². The fourth-order valence-corrected chi connectivity index (χ4v) is 2.14. The van der Waals surface area contributed by atoms with E-state index in [1.54, 1.807) is 0 Å². The third kappa shape index (κ3) is 2.03. The van der Waals surface area contributed by atoms with Gasteiger partial charge in [-0.3, -0.25) is 0 Å². The highest BCUT2D eigenvalue weighted by molar-refractivity contribution is 5.95. The predicted octanol–water partition coefficient (Wildman–Crippen LogP) is 1.65. The fraction of sp³-hybridized carbons (Fsp3) is 0. The highest BCUT2D eigenvalue weighted by atomic mass is 16.4. The zero-order valence-corrected chi connectivity index (χ0v) is 11.2. The normalized spacial score (nSPS) is 10.9. The number of carboxylic acid groups (broad SMARTS) is 1. The van der Waals surface area contributed by atoms with Gasteiger partial charge in [0.1, 0.15) is 11.3 Å². The van der Waals surface area contributed by atoms with Crippen molar-refractivity contribution >= 4 is 34.1 Å². The number of nitrogen functional groups attached to an aromatic ring is 3. The minimum Gasteiger partial charge on any atom is -0.506 e. The van der Waals surface area contributed by atoms with Gasteiger partial charge in [0, 0.05) is 17.4 Å². The third-order valence-electron chi connectivity index (χ3n) is 3.20. The second-order valence-electron chi connectivity index (χ2n) is 4.73. The van der Waals surface area contributed by atoms with Gasteiger partial charge in [-0.05, 0) is 18.2 Å². The molecule has 0 aliphatic heterocycles. The molecule has 0 unspecified atom stereocenters. The van der Waals surface area contributed by atoms with Crippen LogP contribution in [0.5, 0.6) is 5.75 Å². The highest BCUT2D eigenvalue weighted by Crippen LogP contribution is 2.36. The summed E-state index contributed by atoms with van der Waals surface area (Å²) in [7, 11) is 0. The summed E-state index contributed by atoms with van der Waals surface area (Å²) in [4.78, 5) is 15.2. The molecule has 0 aliphatic carbocycles. The van der Waals surface area contributed by atoms with Crippen LogP contribution in [0.1, 0.15) is 10.4 Å². The second kappa shape index (κ2) is 4.55. The lowest BCUT2D eigenvalue weighted by molar-refractivity contribution is 0.0697. The summed E-state index contributed by atoms with van der Waals surface area (Å²) in [6, 6.07) is 5.33. The Morgan fingerprint density at radius 3 is 2.27 bits per heavy atom. The molecule has 0 saturated carbocycles. The molecule has 3 rings (SSSR count). The van der Waals surface area contributed by atoms with Crippen LogP contribution in [0.25, 0.3) is 22.6 Å². The molecule has 8 N–H and O–H groups in total. The van der Waals surface area contributed by atoms with Crippen molar-refractivity contribution in [2.45, 2.75) is 0 Å². The van der Waals surface area contributed by atoms with Gasteiger partial charge in [0.25, 0.3) is 0 Å². The van der Waals surface area contributed by atoms with E-state index >= 15 is 0 Å². The number of carboxylic acids is 1. The molecule has 0 fully saturated rings. The van der Waals surface area contributed by atoms with Crippen molar-refractivity contribution in [2.24, 2.45) is 0 Å². The summed E-state index contributed by atoms with van der Waals surface area (Å²) in [5.74, 6) is -1.15. The molecule has 0 amide bonds. The lowest BCUT2D eigenvalue weighted by Crippen LogP contribution is -2.03. The largest absolute Gasteiger partial charge is 0.506 e. The SMILES string of the molecule is Nc1cc2nc(-c3c(N)cc(C(=O)O)cc3N)oc2cc1O. The Bertz CT molecular complexity index is 855. The number of aromatic hydroxyl groups is 1. The Kier molecular flexibility index (Phi) is 2.81. The number of carbonyl (C=O) groups is 1. The minimum atomic E-state index is -1.14. The molecule has 112 valence electrons. The monoisotopic (exact) mass is 300 g/mol.